The number of benzene rings is 2. The summed E-state index contributed by atoms with van der Waals surface area (Å²) in [5.74, 6) is 1.70. The fourth-order valence-electron chi connectivity index (χ4n) is 3.25. The van der Waals surface area contributed by atoms with Gasteiger partial charge in [0.25, 0.3) is 0 Å². The summed E-state index contributed by atoms with van der Waals surface area (Å²) in [6.45, 7) is 10.3. The molecule has 132 valence electrons. The number of imidazole rings is 1. The number of aromatic nitrogens is 2. The summed E-state index contributed by atoms with van der Waals surface area (Å²) < 4.78 is 2.36. The van der Waals surface area contributed by atoms with E-state index in [0.29, 0.717) is 12.5 Å². The summed E-state index contributed by atoms with van der Waals surface area (Å²) in [4.78, 5) is 4.90. The zero-order valence-electron chi connectivity index (χ0n) is 15.8. The molecule has 0 aliphatic rings. The van der Waals surface area contributed by atoms with E-state index in [0.717, 1.165) is 30.7 Å². The second-order valence-corrected chi connectivity index (χ2v) is 7.33. The Kier molecular flexibility index (Phi) is 5.24. The minimum atomic E-state index is 0.564. The number of nitrogens with zero attached hydrogens (tertiary/aromatic N) is 2. The Balaban J connectivity index is 2.01. The number of hydrogen-bond donors (Lipinski definition) is 1. The van der Waals surface area contributed by atoms with E-state index in [1.807, 2.05) is 0 Å². The summed E-state index contributed by atoms with van der Waals surface area (Å²) in [5.41, 5.74) is 13.4. The molecule has 25 heavy (non-hydrogen) atoms. The topological polar surface area (TPSA) is 43.8 Å². The molecule has 0 spiro atoms. The van der Waals surface area contributed by atoms with Gasteiger partial charge in [0.2, 0.25) is 0 Å². The van der Waals surface area contributed by atoms with Crippen LogP contribution in [0.1, 0.15) is 54.3 Å². The van der Waals surface area contributed by atoms with E-state index in [1.165, 1.54) is 27.8 Å². The van der Waals surface area contributed by atoms with Gasteiger partial charge in [-0.15, -0.1) is 0 Å². The molecular weight excluding hydrogens is 306 g/mol. The monoisotopic (exact) mass is 335 g/mol. The fraction of sp³-hybridized carbons (Fsp3) is 0.409. The van der Waals surface area contributed by atoms with Crippen LogP contribution in [-0.2, 0) is 13.0 Å². The quantitative estimate of drug-likeness (QED) is 0.708. The number of nitrogens with two attached hydrogens (primary N) is 1. The summed E-state index contributed by atoms with van der Waals surface area (Å²) in [5, 5.41) is 0. The van der Waals surface area contributed by atoms with Crippen LogP contribution in [0.15, 0.2) is 36.4 Å². The molecule has 3 aromatic rings. The van der Waals surface area contributed by atoms with Gasteiger partial charge < -0.3 is 10.3 Å². The van der Waals surface area contributed by atoms with E-state index >= 15 is 0 Å². The molecule has 1 heterocycles. The van der Waals surface area contributed by atoms with Crippen molar-refractivity contribution in [3.05, 3.63) is 64.5 Å². The van der Waals surface area contributed by atoms with Gasteiger partial charge in [-0.25, -0.2) is 4.98 Å². The highest BCUT2D eigenvalue weighted by atomic mass is 15.1. The largest absolute Gasteiger partial charge is 0.330 e. The van der Waals surface area contributed by atoms with Gasteiger partial charge in [0.05, 0.1) is 11.0 Å². The minimum Gasteiger partial charge on any atom is -0.330 e. The van der Waals surface area contributed by atoms with Crippen LogP contribution in [0, 0.1) is 13.8 Å². The van der Waals surface area contributed by atoms with Crippen LogP contribution in [0.2, 0.25) is 0 Å². The lowest BCUT2D eigenvalue weighted by Crippen LogP contribution is -2.08. The first kappa shape index (κ1) is 17.7. The summed E-state index contributed by atoms with van der Waals surface area (Å²) in [6, 6.07) is 13.5. The van der Waals surface area contributed by atoms with Gasteiger partial charge in [-0.3, -0.25) is 0 Å². The second-order valence-electron chi connectivity index (χ2n) is 7.33. The maximum atomic E-state index is 5.73. The smallest absolute Gasteiger partial charge is 0.110 e. The van der Waals surface area contributed by atoms with Gasteiger partial charge in [-0.05, 0) is 67.1 Å². The number of hydrogen-bond acceptors (Lipinski definition) is 2. The Labute approximate surface area is 150 Å². The standard InChI is InChI=1S/C22H29N3/c1-15(2)19-9-7-18(8-10-19)14-25-21-13-17(4)16(3)12-20(21)24-22(25)6-5-11-23/h7-10,12-13,15H,5-6,11,14,23H2,1-4H3. The molecule has 0 fully saturated rings. The lowest BCUT2D eigenvalue weighted by atomic mass is 10.0. The van der Waals surface area contributed by atoms with E-state index in [2.05, 4.69) is 68.7 Å². The highest BCUT2D eigenvalue weighted by Crippen LogP contribution is 2.23. The predicted molar refractivity (Wildman–Crippen MR) is 106 cm³/mol. The van der Waals surface area contributed by atoms with E-state index in [-0.39, 0.29) is 0 Å². The van der Waals surface area contributed by atoms with Crippen LogP contribution < -0.4 is 5.73 Å². The molecular formula is C22H29N3. The molecule has 1 aromatic heterocycles. The van der Waals surface area contributed by atoms with Gasteiger partial charge in [0, 0.05) is 13.0 Å². The molecule has 3 rings (SSSR count). The first-order chi connectivity index (χ1) is 12.0. The van der Waals surface area contributed by atoms with Crippen LogP contribution >= 0.6 is 0 Å². The number of rotatable bonds is 6. The van der Waals surface area contributed by atoms with Gasteiger partial charge in [0.15, 0.2) is 0 Å². The average Bonchev–Trinajstić information content (AvgIpc) is 2.90. The molecule has 0 saturated carbocycles. The van der Waals surface area contributed by atoms with Crippen molar-refractivity contribution >= 4 is 11.0 Å². The van der Waals surface area contributed by atoms with Crippen molar-refractivity contribution < 1.29 is 0 Å². The Bertz CT molecular complexity index is 857. The number of aryl methyl sites for hydroxylation is 3. The minimum absolute atomic E-state index is 0.564. The van der Waals surface area contributed by atoms with Crippen LogP contribution in [0.25, 0.3) is 11.0 Å². The van der Waals surface area contributed by atoms with E-state index < -0.39 is 0 Å². The molecule has 0 unspecified atom stereocenters. The van der Waals surface area contributed by atoms with Crippen molar-refractivity contribution in [3.8, 4) is 0 Å². The van der Waals surface area contributed by atoms with Crippen LogP contribution in [0.5, 0.6) is 0 Å². The first-order valence-corrected chi connectivity index (χ1v) is 9.25. The van der Waals surface area contributed by atoms with Crippen LogP contribution in [0.3, 0.4) is 0 Å². The molecule has 0 atom stereocenters. The van der Waals surface area contributed by atoms with Crippen molar-refractivity contribution in [2.45, 2.75) is 53.0 Å². The lowest BCUT2D eigenvalue weighted by molar-refractivity contribution is 0.703. The summed E-state index contributed by atoms with van der Waals surface area (Å²) in [6.07, 6.45) is 1.89. The maximum absolute atomic E-state index is 5.73. The molecule has 3 nitrogen and oxygen atoms in total. The highest BCUT2D eigenvalue weighted by Gasteiger charge is 2.12. The second kappa shape index (κ2) is 7.40. The molecule has 2 N–H and O–H groups in total. The molecule has 0 bridgehead atoms. The molecule has 2 aromatic carbocycles. The zero-order chi connectivity index (χ0) is 18.0. The van der Waals surface area contributed by atoms with Crippen molar-refractivity contribution in [2.24, 2.45) is 5.73 Å². The van der Waals surface area contributed by atoms with Crippen molar-refractivity contribution in [2.75, 3.05) is 6.54 Å². The van der Waals surface area contributed by atoms with Crippen molar-refractivity contribution in [1.29, 1.82) is 0 Å². The number of fused-ring (bicyclic) bond motifs is 1. The molecule has 0 aliphatic heterocycles. The third-order valence-corrected chi connectivity index (χ3v) is 5.03. The van der Waals surface area contributed by atoms with Crippen LogP contribution in [-0.4, -0.2) is 16.1 Å². The molecule has 3 heteroatoms. The maximum Gasteiger partial charge on any atom is 0.110 e. The Morgan fingerprint density at radius 1 is 1.04 bits per heavy atom. The zero-order valence-corrected chi connectivity index (χ0v) is 15.8. The predicted octanol–water partition coefficient (Wildman–Crippen LogP) is 4.72. The molecule has 0 saturated heterocycles. The first-order valence-electron chi connectivity index (χ1n) is 9.25. The normalized spacial score (nSPS) is 11.6. The Morgan fingerprint density at radius 2 is 1.72 bits per heavy atom. The fourth-order valence-corrected chi connectivity index (χ4v) is 3.25. The van der Waals surface area contributed by atoms with E-state index in [1.54, 1.807) is 0 Å². The third kappa shape index (κ3) is 3.77. The summed E-state index contributed by atoms with van der Waals surface area (Å²) >= 11 is 0. The Hall–Kier alpha value is -2.13. The Morgan fingerprint density at radius 3 is 2.36 bits per heavy atom. The summed E-state index contributed by atoms with van der Waals surface area (Å²) in [7, 11) is 0. The van der Waals surface area contributed by atoms with Gasteiger partial charge in [-0.1, -0.05) is 38.1 Å². The lowest BCUT2D eigenvalue weighted by Gasteiger charge is -2.12. The molecule has 0 radical (unpaired) electrons. The van der Waals surface area contributed by atoms with Crippen LogP contribution in [0.4, 0.5) is 0 Å². The van der Waals surface area contributed by atoms with E-state index in [9.17, 15) is 0 Å². The SMILES string of the molecule is Cc1cc2nc(CCCN)n(Cc3ccc(C(C)C)cc3)c2cc1C. The molecule has 0 amide bonds. The highest BCUT2D eigenvalue weighted by molar-refractivity contribution is 5.78. The van der Waals surface area contributed by atoms with Gasteiger partial charge in [-0.2, -0.15) is 0 Å². The van der Waals surface area contributed by atoms with Gasteiger partial charge in [0.1, 0.15) is 5.82 Å². The van der Waals surface area contributed by atoms with Gasteiger partial charge >= 0.3 is 0 Å². The molecule has 0 aliphatic carbocycles. The van der Waals surface area contributed by atoms with Crippen molar-refractivity contribution in [3.63, 3.8) is 0 Å². The third-order valence-electron chi connectivity index (χ3n) is 5.03. The van der Waals surface area contributed by atoms with E-state index in [4.69, 9.17) is 10.7 Å². The average molecular weight is 335 g/mol. The van der Waals surface area contributed by atoms with Crippen molar-refractivity contribution in [1.82, 2.24) is 9.55 Å².